The van der Waals surface area contributed by atoms with Crippen LogP contribution >= 0.6 is 11.8 Å². The van der Waals surface area contributed by atoms with Gasteiger partial charge in [0.05, 0.1) is 0 Å². The van der Waals surface area contributed by atoms with Crippen LogP contribution in [0.25, 0.3) is 0 Å². The molecule has 0 bridgehead atoms. The number of amides is 1. The van der Waals surface area contributed by atoms with Crippen LogP contribution in [-0.4, -0.2) is 41.8 Å². The van der Waals surface area contributed by atoms with Crippen molar-refractivity contribution in [2.45, 2.75) is 51.3 Å². The molecule has 1 fully saturated rings. The molecule has 0 aromatic carbocycles. The van der Waals surface area contributed by atoms with Crippen molar-refractivity contribution in [1.29, 1.82) is 0 Å². The van der Waals surface area contributed by atoms with Gasteiger partial charge in [0.25, 0.3) is 0 Å². The third-order valence-electron chi connectivity index (χ3n) is 2.77. The minimum Gasteiger partial charge on any atom is -0.444 e. The van der Waals surface area contributed by atoms with Crippen molar-refractivity contribution < 1.29 is 9.53 Å². The lowest BCUT2D eigenvalue weighted by molar-refractivity contribution is 0.0466. The van der Waals surface area contributed by atoms with Gasteiger partial charge < -0.3 is 15.4 Å². The number of hydrogen-bond acceptors (Lipinski definition) is 4. The third kappa shape index (κ3) is 7.47. The summed E-state index contributed by atoms with van der Waals surface area (Å²) in [5.41, 5.74) is -0.423. The highest BCUT2D eigenvalue weighted by molar-refractivity contribution is 7.99. The zero-order valence-corrected chi connectivity index (χ0v) is 13.0. The molecule has 1 aliphatic rings. The van der Waals surface area contributed by atoms with E-state index in [2.05, 4.69) is 17.2 Å². The molecule has 1 amide bonds. The number of hydrogen-bond donors (Lipinski definition) is 2. The molecule has 2 N–H and O–H groups in total. The van der Waals surface area contributed by atoms with E-state index in [1.54, 1.807) is 0 Å². The average molecular weight is 286 g/mol. The molecule has 1 saturated carbocycles. The van der Waals surface area contributed by atoms with Crippen LogP contribution in [0.5, 0.6) is 0 Å². The van der Waals surface area contributed by atoms with Crippen LogP contribution in [0.15, 0.2) is 12.7 Å². The number of nitrogens with one attached hydrogen (secondary N) is 2. The fraction of sp³-hybridized carbons (Fsp3) is 0.786. The summed E-state index contributed by atoms with van der Waals surface area (Å²) in [5, 5.41) is 6.38. The molecule has 0 saturated heterocycles. The van der Waals surface area contributed by atoms with E-state index in [-0.39, 0.29) is 12.1 Å². The first-order chi connectivity index (χ1) is 8.90. The maximum absolute atomic E-state index is 11.5. The Bertz CT molecular complexity index is 296. The Kier molecular flexibility index (Phi) is 6.72. The molecule has 0 unspecified atom stereocenters. The van der Waals surface area contributed by atoms with Gasteiger partial charge in [0.2, 0.25) is 0 Å². The van der Waals surface area contributed by atoms with Crippen LogP contribution in [-0.2, 0) is 4.74 Å². The molecule has 0 atom stereocenters. The minimum atomic E-state index is -0.423. The van der Waals surface area contributed by atoms with E-state index in [1.165, 1.54) is 0 Å². The van der Waals surface area contributed by atoms with Crippen LogP contribution in [0.1, 0.15) is 33.6 Å². The maximum atomic E-state index is 11.5. The van der Waals surface area contributed by atoms with Gasteiger partial charge in [-0.3, -0.25) is 0 Å². The molecule has 5 heteroatoms. The first-order valence-electron chi connectivity index (χ1n) is 6.82. The Morgan fingerprint density at radius 1 is 1.42 bits per heavy atom. The van der Waals surface area contributed by atoms with Crippen molar-refractivity contribution in [2.75, 3.05) is 18.1 Å². The largest absolute Gasteiger partial charge is 0.444 e. The van der Waals surface area contributed by atoms with Crippen LogP contribution < -0.4 is 10.6 Å². The first-order valence-corrected chi connectivity index (χ1v) is 7.97. The molecule has 0 spiro atoms. The summed E-state index contributed by atoms with van der Waals surface area (Å²) in [6.45, 7) is 10.3. The standard InChI is InChI=1S/C14H26N2O2S/c1-5-7-19-8-6-15-11-9-12(10-11)16-13(17)18-14(2,3)4/h5,11-12,15H,1,6-10H2,2-4H3,(H,16,17). The van der Waals surface area contributed by atoms with Gasteiger partial charge in [-0.15, -0.1) is 6.58 Å². The molecule has 0 aromatic heterocycles. The monoisotopic (exact) mass is 286 g/mol. The molecule has 1 rings (SSSR count). The number of carbonyl (C=O) groups is 1. The van der Waals surface area contributed by atoms with E-state index in [1.807, 2.05) is 38.6 Å². The highest BCUT2D eigenvalue weighted by Gasteiger charge is 2.30. The molecule has 19 heavy (non-hydrogen) atoms. The Morgan fingerprint density at radius 2 is 2.11 bits per heavy atom. The van der Waals surface area contributed by atoms with Gasteiger partial charge in [0.1, 0.15) is 5.60 Å². The minimum absolute atomic E-state index is 0.258. The van der Waals surface area contributed by atoms with Crippen LogP contribution in [0, 0.1) is 0 Å². The maximum Gasteiger partial charge on any atom is 0.407 e. The Morgan fingerprint density at radius 3 is 2.68 bits per heavy atom. The van der Waals surface area contributed by atoms with Gasteiger partial charge in [-0.1, -0.05) is 6.08 Å². The van der Waals surface area contributed by atoms with Crippen LogP contribution in [0.3, 0.4) is 0 Å². The summed E-state index contributed by atoms with van der Waals surface area (Å²) in [4.78, 5) is 11.5. The lowest BCUT2D eigenvalue weighted by atomic mass is 9.87. The van der Waals surface area contributed by atoms with Gasteiger partial charge in [-0.2, -0.15) is 11.8 Å². The van der Waals surface area contributed by atoms with E-state index in [0.29, 0.717) is 6.04 Å². The molecule has 0 aromatic rings. The summed E-state index contributed by atoms with van der Waals surface area (Å²) in [7, 11) is 0. The van der Waals surface area contributed by atoms with Crippen molar-refractivity contribution >= 4 is 17.9 Å². The molecule has 0 aliphatic heterocycles. The fourth-order valence-electron chi connectivity index (χ4n) is 1.88. The summed E-state index contributed by atoms with van der Waals surface area (Å²) >= 11 is 1.88. The summed E-state index contributed by atoms with van der Waals surface area (Å²) in [6.07, 6.45) is 3.60. The van der Waals surface area contributed by atoms with E-state index >= 15 is 0 Å². The summed E-state index contributed by atoms with van der Waals surface area (Å²) in [5.74, 6) is 2.11. The van der Waals surface area contributed by atoms with Crippen LogP contribution in [0.4, 0.5) is 4.79 Å². The topological polar surface area (TPSA) is 50.4 Å². The van der Waals surface area contributed by atoms with Gasteiger partial charge in [-0.05, 0) is 33.6 Å². The lowest BCUT2D eigenvalue weighted by Gasteiger charge is -2.36. The quantitative estimate of drug-likeness (QED) is 0.558. The van der Waals surface area contributed by atoms with E-state index < -0.39 is 5.60 Å². The SMILES string of the molecule is C=CCSCCNC1CC(NC(=O)OC(C)(C)C)C1. The Hall–Kier alpha value is -0.680. The first kappa shape index (κ1) is 16.4. The van der Waals surface area contributed by atoms with Gasteiger partial charge in [0, 0.05) is 30.1 Å². The average Bonchev–Trinajstić information content (AvgIpc) is 2.22. The number of carbonyl (C=O) groups excluding carboxylic acids is 1. The lowest BCUT2D eigenvalue weighted by Crippen LogP contribution is -2.53. The second-order valence-corrected chi connectivity index (χ2v) is 6.98. The number of ether oxygens (including phenoxy) is 1. The molecule has 0 heterocycles. The molecular weight excluding hydrogens is 260 g/mol. The zero-order valence-electron chi connectivity index (χ0n) is 12.2. The Labute approximate surface area is 120 Å². The summed E-state index contributed by atoms with van der Waals surface area (Å²) in [6, 6.07) is 0.789. The van der Waals surface area contributed by atoms with Gasteiger partial charge in [-0.25, -0.2) is 4.79 Å². The van der Waals surface area contributed by atoms with Gasteiger partial charge >= 0.3 is 6.09 Å². The van der Waals surface area contributed by atoms with Gasteiger partial charge in [0.15, 0.2) is 0 Å². The molecule has 1 aliphatic carbocycles. The molecule has 110 valence electrons. The molecular formula is C14H26N2O2S. The van der Waals surface area contributed by atoms with Crippen LogP contribution in [0.2, 0.25) is 0 Å². The van der Waals surface area contributed by atoms with Crippen molar-refractivity contribution in [3.63, 3.8) is 0 Å². The van der Waals surface area contributed by atoms with E-state index in [9.17, 15) is 4.79 Å². The van der Waals surface area contributed by atoms with Crippen molar-refractivity contribution in [3.05, 3.63) is 12.7 Å². The normalized spacial score (nSPS) is 22.5. The Balaban J connectivity index is 2.01. The fourth-order valence-corrected chi connectivity index (χ4v) is 2.47. The summed E-state index contributed by atoms with van der Waals surface area (Å²) < 4.78 is 5.22. The van der Waals surface area contributed by atoms with Crippen molar-refractivity contribution in [3.8, 4) is 0 Å². The highest BCUT2D eigenvalue weighted by atomic mass is 32.2. The van der Waals surface area contributed by atoms with E-state index in [0.717, 1.165) is 30.9 Å². The highest BCUT2D eigenvalue weighted by Crippen LogP contribution is 2.20. The molecule has 0 radical (unpaired) electrons. The predicted molar refractivity (Wildman–Crippen MR) is 81.7 cm³/mol. The second kappa shape index (κ2) is 7.80. The number of alkyl carbamates (subject to hydrolysis) is 1. The molecule has 4 nitrogen and oxygen atoms in total. The van der Waals surface area contributed by atoms with Crippen molar-refractivity contribution in [2.24, 2.45) is 0 Å². The zero-order chi connectivity index (χ0) is 14.3. The third-order valence-corrected chi connectivity index (χ3v) is 3.74. The van der Waals surface area contributed by atoms with Crippen molar-refractivity contribution in [1.82, 2.24) is 10.6 Å². The smallest absolute Gasteiger partial charge is 0.407 e. The second-order valence-electron chi connectivity index (χ2n) is 5.83. The predicted octanol–water partition coefficient (Wildman–Crippen LogP) is 2.55. The van der Waals surface area contributed by atoms with E-state index in [4.69, 9.17) is 4.74 Å². The number of thioether (sulfide) groups is 1. The number of rotatable bonds is 7.